The summed E-state index contributed by atoms with van der Waals surface area (Å²) >= 11 is 0. The quantitative estimate of drug-likeness (QED) is 0.612. The Bertz CT molecular complexity index is 272. The number of ether oxygens (including phenoxy) is 1. The Kier molecular flexibility index (Phi) is 3.12. The van der Waals surface area contributed by atoms with Gasteiger partial charge < -0.3 is 4.74 Å². The lowest BCUT2D eigenvalue weighted by molar-refractivity contribution is -0.145. The molecule has 0 aromatic heterocycles. The Morgan fingerprint density at radius 1 is 1.71 bits per heavy atom. The van der Waals surface area contributed by atoms with Gasteiger partial charge in [0, 0.05) is 13.1 Å². The van der Waals surface area contributed by atoms with Gasteiger partial charge in [0.25, 0.3) is 0 Å². The van der Waals surface area contributed by atoms with Crippen LogP contribution >= 0.6 is 0 Å². The number of esters is 1. The van der Waals surface area contributed by atoms with Crippen LogP contribution in [-0.4, -0.2) is 37.1 Å². The zero-order chi connectivity index (χ0) is 10.8. The van der Waals surface area contributed by atoms with Crippen molar-refractivity contribution in [2.45, 2.75) is 26.3 Å². The molecule has 2 unspecified atom stereocenters. The molecule has 1 heterocycles. The summed E-state index contributed by atoms with van der Waals surface area (Å²) < 4.78 is 4.66. The van der Waals surface area contributed by atoms with Gasteiger partial charge >= 0.3 is 5.97 Å². The molecule has 0 saturated carbocycles. The van der Waals surface area contributed by atoms with Gasteiger partial charge in [-0.2, -0.15) is 5.26 Å². The van der Waals surface area contributed by atoms with Gasteiger partial charge in [0.2, 0.25) is 0 Å². The fourth-order valence-corrected chi connectivity index (χ4v) is 1.74. The Labute approximate surface area is 84.4 Å². The van der Waals surface area contributed by atoms with Gasteiger partial charge in [0.1, 0.15) is 6.04 Å². The van der Waals surface area contributed by atoms with Gasteiger partial charge in [-0.1, -0.05) is 0 Å². The molecule has 1 rings (SSSR count). The number of carbonyl (C=O) groups excluding carboxylic acids is 1. The maximum absolute atomic E-state index is 11.3. The molecule has 0 aromatic rings. The lowest BCUT2D eigenvalue weighted by Gasteiger charge is -2.22. The van der Waals surface area contributed by atoms with Crippen molar-refractivity contribution in [1.29, 1.82) is 5.26 Å². The molecule has 2 atom stereocenters. The largest absolute Gasteiger partial charge is 0.468 e. The molecule has 0 radical (unpaired) electrons. The van der Waals surface area contributed by atoms with Gasteiger partial charge in [-0.25, -0.2) is 0 Å². The second-order valence-corrected chi connectivity index (χ2v) is 4.09. The molecule has 0 spiro atoms. The summed E-state index contributed by atoms with van der Waals surface area (Å²) in [5.74, 6) is -0.229. The molecule has 0 aliphatic carbocycles. The third-order valence-corrected chi connectivity index (χ3v) is 2.86. The zero-order valence-electron chi connectivity index (χ0n) is 8.91. The van der Waals surface area contributed by atoms with Gasteiger partial charge in [-0.15, -0.1) is 0 Å². The summed E-state index contributed by atoms with van der Waals surface area (Å²) in [5, 5.41) is 8.93. The molecule has 1 fully saturated rings. The van der Waals surface area contributed by atoms with E-state index in [1.807, 2.05) is 18.7 Å². The third-order valence-electron chi connectivity index (χ3n) is 2.86. The van der Waals surface area contributed by atoms with Gasteiger partial charge in [0.05, 0.1) is 18.6 Å². The van der Waals surface area contributed by atoms with E-state index < -0.39 is 0 Å². The highest BCUT2D eigenvalue weighted by Gasteiger charge is 2.37. The molecule has 0 aromatic carbocycles. The van der Waals surface area contributed by atoms with Crippen LogP contribution in [0.4, 0.5) is 0 Å². The van der Waals surface area contributed by atoms with Crippen LogP contribution in [0.3, 0.4) is 0 Å². The van der Waals surface area contributed by atoms with Crippen LogP contribution in [0.5, 0.6) is 0 Å². The van der Waals surface area contributed by atoms with Crippen molar-refractivity contribution in [3.8, 4) is 6.07 Å². The predicted octanol–water partition coefficient (Wildman–Crippen LogP) is 0.783. The van der Waals surface area contributed by atoms with E-state index in [0.717, 1.165) is 13.0 Å². The Morgan fingerprint density at radius 3 is 2.79 bits per heavy atom. The van der Waals surface area contributed by atoms with E-state index in [1.54, 1.807) is 0 Å². The van der Waals surface area contributed by atoms with E-state index in [0.29, 0.717) is 6.54 Å². The van der Waals surface area contributed by atoms with E-state index in [2.05, 4.69) is 10.8 Å². The van der Waals surface area contributed by atoms with Gasteiger partial charge in [-0.3, -0.25) is 9.69 Å². The molecular formula is C10H16N2O2. The Morgan fingerprint density at radius 2 is 2.36 bits per heavy atom. The van der Waals surface area contributed by atoms with Crippen LogP contribution in [0, 0.1) is 16.7 Å². The number of methoxy groups -OCH3 is 1. The van der Waals surface area contributed by atoms with Crippen LogP contribution in [0.25, 0.3) is 0 Å². The molecule has 1 aliphatic rings. The molecule has 14 heavy (non-hydrogen) atoms. The first-order valence-electron chi connectivity index (χ1n) is 4.75. The van der Waals surface area contributed by atoms with E-state index in [-0.39, 0.29) is 17.4 Å². The predicted molar refractivity (Wildman–Crippen MR) is 51.4 cm³/mol. The maximum Gasteiger partial charge on any atom is 0.322 e. The molecule has 4 heteroatoms. The van der Waals surface area contributed by atoms with E-state index in [1.165, 1.54) is 7.11 Å². The maximum atomic E-state index is 11.3. The minimum absolute atomic E-state index is 0.229. The standard InChI is InChI=1S/C10H16N2O2/c1-8(9(13)14-3)12-5-4-10(2,6-11)7-12/h8H,4-5,7H2,1-3H3. The van der Waals surface area contributed by atoms with Crippen molar-refractivity contribution in [2.75, 3.05) is 20.2 Å². The lowest BCUT2D eigenvalue weighted by Crippen LogP contribution is -2.39. The number of likely N-dealkylation sites (tertiary alicyclic amines) is 1. The smallest absolute Gasteiger partial charge is 0.322 e. The monoisotopic (exact) mass is 196 g/mol. The minimum Gasteiger partial charge on any atom is -0.468 e. The molecule has 1 aliphatic heterocycles. The minimum atomic E-state index is -0.303. The topological polar surface area (TPSA) is 53.3 Å². The summed E-state index contributed by atoms with van der Waals surface area (Å²) in [4.78, 5) is 13.2. The van der Waals surface area contributed by atoms with Crippen LogP contribution in [0.15, 0.2) is 0 Å². The first kappa shape index (κ1) is 11.0. The first-order chi connectivity index (χ1) is 6.52. The summed E-state index contributed by atoms with van der Waals surface area (Å²) in [6, 6.07) is 2.05. The van der Waals surface area contributed by atoms with Crippen molar-refractivity contribution in [2.24, 2.45) is 5.41 Å². The molecular weight excluding hydrogens is 180 g/mol. The molecule has 78 valence electrons. The molecule has 0 bridgehead atoms. The van der Waals surface area contributed by atoms with Crippen molar-refractivity contribution < 1.29 is 9.53 Å². The fraction of sp³-hybridized carbons (Fsp3) is 0.800. The van der Waals surface area contributed by atoms with Crippen LogP contribution in [0.1, 0.15) is 20.3 Å². The van der Waals surface area contributed by atoms with Crippen molar-refractivity contribution >= 4 is 5.97 Å². The van der Waals surface area contributed by atoms with Crippen molar-refractivity contribution in [1.82, 2.24) is 4.90 Å². The number of carbonyl (C=O) groups is 1. The summed E-state index contributed by atoms with van der Waals surface area (Å²) in [5.41, 5.74) is -0.303. The highest BCUT2D eigenvalue weighted by Crippen LogP contribution is 2.30. The van der Waals surface area contributed by atoms with Crippen LogP contribution < -0.4 is 0 Å². The number of rotatable bonds is 2. The summed E-state index contributed by atoms with van der Waals surface area (Å²) in [6.45, 7) is 5.19. The third kappa shape index (κ3) is 2.05. The van der Waals surface area contributed by atoms with E-state index in [4.69, 9.17) is 5.26 Å². The number of hydrogen-bond acceptors (Lipinski definition) is 4. The molecule has 0 N–H and O–H groups in total. The highest BCUT2D eigenvalue weighted by molar-refractivity contribution is 5.75. The average Bonchev–Trinajstić information content (AvgIpc) is 2.59. The molecule has 1 saturated heterocycles. The van der Waals surface area contributed by atoms with Gasteiger partial charge in [-0.05, 0) is 20.3 Å². The van der Waals surface area contributed by atoms with Crippen molar-refractivity contribution in [3.63, 3.8) is 0 Å². The second kappa shape index (κ2) is 3.97. The number of nitriles is 1. The lowest BCUT2D eigenvalue weighted by atomic mass is 9.92. The van der Waals surface area contributed by atoms with E-state index >= 15 is 0 Å². The molecule has 4 nitrogen and oxygen atoms in total. The Hall–Kier alpha value is -1.08. The van der Waals surface area contributed by atoms with Crippen LogP contribution in [-0.2, 0) is 9.53 Å². The summed E-state index contributed by atoms with van der Waals surface area (Å²) in [7, 11) is 1.39. The van der Waals surface area contributed by atoms with Gasteiger partial charge in [0.15, 0.2) is 0 Å². The Balaban J connectivity index is 2.59. The molecule has 0 amide bonds. The normalized spacial score (nSPS) is 29.6. The van der Waals surface area contributed by atoms with E-state index in [9.17, 15) is 4.79 Å². The van der Waals surface area contributed by atoms with Crippen molar-refractivity contribution in [3.05, 3.63) is 0 Å². The second-order valence-electron chi connectivity index (χ2n) is 4.09. The number of nitrogens with zero attached hydrogens (tertiary/aromatic N) is 2. The first-order valence-corrected chi connectivity index (χ1v) is 4.75. The number of hydrogen-bond donors (Lipinski definition) is 0. The SMILES string of the molecule is COC(=O)C(C)N1CCC(C)(C#N)C1. The zero-order valence-corrected chi connectivity index (χ0v) is 8.91. The summed E-state index contributed by atoms with van der Waals surface area (Å²) in [6.07, 6.45) is 0.824. The fourth-order valence-electron chi connectivity index (χ4n) is 1.74. The average molecular weight is 196 g/mol. The highest BCUT2D eigenvalue weighted by atomic mass is 16.5. The van der Waals surface area contributed by atoms with Crippen LogP contribution in [0.2, 0.25) is 0 Å².